The van der Waals surface area contributed by atoms with E-state index in [1.807, 2.05) is 53.2 Å². The van der Waals surface area contributed by atoms with Gasteiger partial charge in [0.1, 0.15) is 0 Å². The quantitative estimate of drug-likeness (QED) is 0.597. The lowest BCUT2D eigenvalue weighted by molar-refractivity contribution is 0.0952. The minimum absolute atomic E-state index is 0.272. The predicted octanol–water partition coefficient (Wildman–Crippen LogP) is 2.64. The number of para-hydroxylation sites is 1. The van der Waals surface area contributed by atoms with E-state index in [4.69, 9.17) is 0 Å². The Morgan fingerprint density at radius 1 is 1.12 bits per heavy atom. The van der Waals surface area contributed by atoms with Gasteiger partial charge < -0.3 is 14.9 Å². The van der Waals surface area contributed by atoms with E-state index in [1.165, 1.54) is 6.07 Å². The first kappa shape index (κ1) is 15.8. The Morgan fingerprint density at radius 3 is 2.69 bits per heavy atom. The number of carbonyl (C=O) groups excluding carboxylic acids is 1. The number of benzene rings is 2. The van der Waals surface area contributed by atoms with Gasteiger partial charge in [0.05, 0.1) is 11.9 Å². The minimum Gasteiger partial charge on any atom is -0.348 e. The molecule has 2 aromatic heterocycles. The van der Waals surface area contributed by atoms with Gasteiger partial charge in [-0.3, -0.25) is 9.59 Å². The number of aromatic nitrogens is 3. The summed E-state index contributed by atoms with van der Waals surface area (Å²) in [6, 6.07) is 16.4. The number of H-pyrrole nitrogens is 1. The molecule has 2 N–H and O–H groups in total. The molecule has 0 aliphatic heterocycles. The van der Waals surface area contributed by atoms with Crippen molar-refractivity contribution in [3.63, 3.8) is 0 Å². The van der Waals surface area contributed by atoms with Gasteiger partial charge in [-0.05, 0) is 23.8 Å². The molecule has 0 aliphatic carbocycles. The van der Waals surface area contributed by atoms with E-state index < -0.39 is 0 Å². The molecule has 0 unspecified atom stereocenters. The van der Waals surface area contributed by atoms with Crippen LogP contribution in [0.5, 0.6) is 0 Å². The molecule has 0 spiro atoms. The molecule has 0 radical (unpaired) electrons. The summed E-state index contributed by atoms with van der Waals surface area (Å²) in [5.74, 6) is -0.272. The summed E-state index contributed by atoms with van der Waals surface area (Å²) in [4.78, 5) is 31.1. The van der Waals surface area contributed by atoms with E-state index in [0.717, 1.165) is 16.6 Å². The molecule has 1 amide bonds. The third-order valence-electron chi connectivity index (χ3n) is 4.19. The number of nitrogens with one attached hydrogen (secondary N) is 2. The summed E-state index contributed by atoms with van der Waals surface area (Å²) in [6.45, 7) is 0.379. The van der Waals surface area contributed by atoms with Gasteiger partial charge >= 0.3 is 0 Å². The third kappa shape index (κ3) is 3.12. The first-order valence-corrected chi connectivity index (χ1v) is 8.18. The lowest BCUT2D eigenvalue weighted by Gasteiger charge is -2.09. The zero-order valence-electron chi connectivity index (χ0n) is 13.8. The molecule has 4 aromatic rings. The molecule has 0 bridgehead atoms. The smallest absolute Gasteiger partial charge is 0.252 e. The largest absolute Gasteiger partial charge is 0.348 e. The summed E-state index contributed by atoms with van der Waals surface area (Å²) in [5, 5.41) is 3.60. The van der Waals surface area contributed by atoms with Crippen LogP contribution in [0.2, 0.25) is 0 Å². The normalized spacial score (nSPS) is 10.8. The summed E-state index contributed by atoms with van der Waals surface area (Å²) in [5.41, 5.74) is 2.70. The molecule has 128 valence electrons. The van der Waals surface area contributed by atoms with Crippen molar-refractivity contribution in [2.24, 2.45) is 0 Å². The Labute approximate surface area is 149 Å². The lowest BCUT2D eigenvalue weighted by atomic mass is 10.1. The van der Waals surface area contributed by atoms with Gasteiger partial charge in [-0.15, -0.1) is 0 Å². The van der Waals surface area contributed by atoms with Gasteiger partial charge in [-0.1, -0.05) is 30.3 Å². The minimum atomic E-state index is -0.293. The zero-order valence-corrected chi connectivity index (χ0v) is 13.8. The van der Waals surface area contributed by atoms with Crippen molar-refractivity contribution >= 4 is 16.8 Å². The van der Waals surface area contributed by atoms with E-state index in [-0.39, 0.29) is 11.5 Å². The molecule has 2 aromatic carbocycles. The molecule has 0 saturated carbocycles. The number of carbonyl (C=O) groups is 1. The van der Waals surface area contributed by atoms with E-state index in [2.05, 4.69) is 15.3 Å². The Kier molecular flexibility index (Phi) is 4.07. The second kappa shape index (κ2) is 6.68. The second-order valence-electron chi connectivity index (χ2n) is 5.91. The number of rotatable bonds is 4. The van der Waals surface area contributed by atoms with Crippen molar-refractivity contribution in [2.75, 3.05) is 0 Å². The maximum atomic E-state index is 12.6. The summed E-state index contributed by atoms with van der Waals surface area (Å²) in [6.07, 6.45) is 5.32. The fourth-order valence-electron chi connectivity index (χ4n) is 2.87. The highest BCUT2D eigenvalue weighted by Gasteiger charge is 2.11. The van der Waals surface area contributed by atoms with Gasteiger partial charge in [0.25, 0.3) is 5.91 Å². The van der Waals surface area contributed by atoms with Crippen LogP contribution in [-0.4, -0.2) is 20.4 Å². The van der Waals surface area contributed by atoms with E-state index in [9.17, 15) is 9.59 Å². The average molecular weight is 344 g/mol. The van der Waals surface area contributed by atoms with Gasteiger partial charge in [0.2, 0.25) is 5.56 Å². The van der Waals surface area contributed by atoms with Gasteiger partial charge in [0.15, 0.2) is 0 Å². The highest BCUT2D eigenvalue weighted by Crippen LogP contribution is 2.15. The number of imidazole rings is 1. The van der Waals surface area contributed by atoms with E-state index in [1.54, 1.807) is 18.6 Å². The topological polar surface area (TPSA) is 79.8 Å². The summed E-state index contributed by atoms with van der Waals surface area (Å²) >= 11 is 0. The van der Waals surface area contributed by atoms with Crippen molar-refractivity contribution in [1.29, 1.82) is 0 Å². The number of nitrogens with zero attached hydrogens (tertiary/aromatic N) is 2. The number of pyridine rings is 1. The SMILES string of the molecule is O=C(NCc1ccc(-n2ccnc2)cc1)c1cc(=O)[nH]c2ccccc12. The van der Waals surface area contributed by atoms with E-state index in [0.29, 0.717) is 17.6 Å². The van der Waals surface area contributed by atoms with Crippen LogP contribution in [0.1, 0.15) is 15.9 Å². The molecule has 0 saturated heterocycles. The first-order chi connectivity index (χ1) is 12.7. The van der Waals surface area contributed by atoms with Crippen LogP contribution >= 0.6 is 0 Å². The number of aromatic amines is 1. The fraction of sp³-hybridized carbons (Fsp3) is 0.0500. The Hall–Kier alpha value is -3.67. The van der Waals surface area contributed by atoms with Crippen LogP contribution in [0.4, 0.5) is 0 Å². The fourth-order valence-corrected chi connectivity index (χ4v) is 2.87. The van der Waals surface area contributed by atoms with E-state index >= 15 is 0 Å². The summed E-state index contributed by atoms with van der Waals surface area (Å²) < 4.78 is 1.91. The lowest BCUT2D eigenvalue weighted by Crippen LogP contribution is -2.24. The van der Waals surface area contributed by atoms with Gasteiger partial charge in [-0.25, -0.2) is 4.98 Å². The van der Waals surface area contributed by atoms with Crippen LogP contribution in [0.15, 0.2) is 78.1 Å². The van der Waals surface area contributed by atoms with Crippen LogP contribution in [0, 0.1) is 0 Å². The maximum absolute atomic E-state index is 12.6. The highest BCUT2D eigenvalue weighted by atomic mass is 16.2. The maximum Gasteiger partial charge on any atom is 0.252 e. The van der Waals surface area contributed by atoms with Crippen molar-refractivity contribution in [2.45, 2.75) is 6.54 Å². The van der Waals surface area contributed by atoms with Crippen molar-refractivity contribution in [3.05, 3.63) is 94.8 Å². The van der Waals surface area contributed by atoms with Crippen LogP contribution < -0.4 is 10.9 Å². The van der Waals surface area contributed by atoms with Crippen LogP contribution in [0.3, 0.4) is 0 Å². The first-order valence-electron chi connectivity index (χ1n) is 8.18. The molecular weight excluding hydrogens is 328 g/mol. The monoisotopic (exact) mass is 344 g/mol. The standard InChI is InChI=1S/C20H16N4O2/c25-19-11-17(16-3-1-2-4-18(16)23-19)20(26)22-12-14-5-7-15(8-6-14)24-10-9-21-13-24/h1-11,13H,12H2,(H,22,26)(H,23,25). The zero-order chi connectivity index (χ0) is 17.9. The van der Waals surface area contributed by atoms with Crippen molar-refractivity contribution < 1.29 is 4.79 Å². The van der Waals surface area contributed by atoms with Crippen molar-refractivity contribution in [3.8, 4) is 5.69 Å². The van der Waals surface area contributed by atoms with Crippen LogP contribution in [0.25, 0.3) is 16.6 Å². The molecular formula is C20H16N4O2. The average Bonchev–Trinajstić information content (AvgIpc) is 3.20. The molecule has 6 heteroatoms. The molecule has 2 heterocycles. The molecule has 0 fully saturated rings. The Bertz CT molecular complexity index is 1110. The highest BCUT2D eigenvalue weighted by molar-refractivity contribution is 6.05. The summed E-state index contributed by atoms with van der Waals surface area (Å²) in [7, 11) is 0. The molecule has 0 atom stereocenters. The predicted molar refractivity (Wildman–Crippen MR) is 99.3 cm³/mol. The van der Waals surface area contributed by atoms with Crippen molar-refractivity contribution in [1.82, 2.24) is 19.9 Å². The van der Waals surface area contributed by atoms with Crippen LogP contribution in [-0.2, 0) is 6.54 Å². The van der Waals surface area contributed by atoms with Gasteiger partial charge in [-0.2, -0.15) is 0 Å². The second-order valence-corrected chi connectivity index (χ2v) is 5.91. The van der Waals surface area contributed by atoms with Gasteiger partial charge in [0, 0.05) is 41.6 Å². The number of hydrogen-bond acceptors (Lipinski definition) is 3. The number of amides is 1. The Morgan fingerprint density at radius 2 is 1.92 bits per heavy atom. The Balaban J connectivity index is 1.52. The number of hydrogen-bond donors (Lipinski definition) is 2. The molecule has 4 rings (SSSR count). The third-order valence-corrected chi connectivity index (χ3v) is 4.19. The molecule has 0 aliphatic rings. The number of fused-ring (bicyclic) bond motifs is 1. The molecule has 6 nitrogen and oxygen atoms in total. The molecule has 26 heavy (non-hydrogen) atoms.